The lowest BCUT2D eigenvalue weighted by atomic mass is 9.98. The summed E-state index contributed by atoms with van der Waals surface area (Å²) in [7, 11) is 0. The molecule has 0 spiro atoms. The smallest absolute Gasteiger partial charge is 0.137 e. The van der Waals surface area contributed by atoms with E-state index in [-0.39, 0.29) is 0 Å². The average Bonchev–Trinajstić information content (AvgIpc) is 3.05. The first-order chi connectivity index (χ1) is 12.1. The maximum Gasteiger partial charge on any atom is 0.137 e. The van der Waals surface area contributed by atoms with Crippen LogP contribution in [-0.2, 0) is 0 Å². The van der Waals surface area contributed by atoms with E-state index in [1.165, 1.54) is 0 Å². The van der Waals surface area contributed by atoms with Gasteiger partial charge in [-0.15, -0.1) is 0 Å². The fourth-order valence-electron chi connectivity index (χ4n) is 3.03. The van der Waals surface area contributed by atoms with Crippen molar-refractivity contribution in [3.63, 3.8) is 0 Å². The van der Waals surface area contributed by atoms with Gasteiger partial charge in [-0.2, -0.15) is 0 Å². The molecule has 0 aliphatic heterocycles. The van der Waals surface area contributed by atoms with Gasteiger partial charge in [-0.3, -0.25) is 9.38 Å². The molecule has 0 bridgehead atoms. The molecule has 3 heterocycles. The molecule has 3 aromatic heterocycles. The summed E-state index contributed by atoms with van der Waals surface area (Å²) in [6, 6.07) is 18.4. The number of nitrogens with two attached hydrogens (primary N) is 1. The quantitative estimate of drug-likeness (QED) is 0.610. The normalized spacial score (nSPS) is 10.9. The molecule has 0 unspecified atom stereocenters. The minimum absolute atomic E-state index is 0.498. The third-order valence-corrected chi connectivity index (χ3v) is 4.24. The van der Waals surface area contributed by atoms with Crippen molar-refractivity contribution < 1.29 is 0 Å². The average molecular weight is 326 g/mol. The van der Waals surface area contributed by atoms with Crippen molar-refractivity contribution in [2.45, 2.75) is 6.92 Å². The van der Waals surface area contributed by atoms with Gasteiger partial charge in [0.1, 0.15) is 5.65 Å². The molecule has 0 radical (unpaired) electrons. The van der Waals surface area contributed by atoms with E-state index < -0.39 is 0 Å². The molecule has 122 valence electrons. The van der Waals surface area contributed by atoms with E-state index in [4.69, 9.17) is 5.73 Å². The fourth-order valence-corrected chi connectivity index (χ4v) is 3.03. The van der Waals surface area contributed by atoms with Gasteiger partial charge < -0.3 is 5.73 Å². The Labute approximate surface area is 146 Å². The van der Waals surface area contributed by atoms with Crippen LogP contribution in [0.15, 0.2) is 73.6 Å². The molecule has 25 heavy (non-hydrogen) atoms. The minimum Gasteiger partial charge on any atom is -0.397 e. The second-order valence-corrected chi connectivity index (χ2v) is 6.02. The van der Waals surface area contributed by atoms with E-state index in [1.807, 2.05) is 53.9 Å². The molecule has 4 aromatic rings. The number of hydrogen-bond acceptors (Lipinski definition) is 3. The highest BCUT2D eigenvalue weighted by molar-refractivity contribution is 5.82. The number of benzene rings is 1. The molecular weight excluding hydrogens is 308 g/mol. The highest BCUT2D eigenvalue weighted by Gasteiger charge is 2.11. The summed E-state index contributed by atoms with van der Waals surface area (Å²) in [4.78, 5) is 9.05. The van der Waals surface area contributed by atoms with Crippen LogP contribution in [0.4, 0.5) is 0 Å². The summed E-state index contributed by atoms with van der Waals surface area (Å²) in [6.45, 7) is 5.83. The van der Waals surface area contributed by atoms with E-state index >= 15 is 0 Å². The van der Waals surface area contributed by atoms with Crippen LogP contribution in [0.25, 0.3) is 33.7 Å². The first-order valence-corrected chi connectivity index (χ1v) is 8.09. The second-order valence-electron chi connectivity index (χ2n) is 6.02. The Morgan fingerprint density at radius 2 is 1.80 bits per heavy atom. The number of aryl methyl sites for hydroxylation is 1. The van der Waals surface area contributed by atoms with E-state index in [2.05, 4.69) is 34.7 Å². The van der Waals surface area contributed by atoms with Crippen molar-refractivity contribution >= 4 is 11.3 Å². The van der Waals surface area contributed by atoms with E-state index in [0.29, 0.717) is 5.70 Å². The summed E-state index contributed by atoms with van der Waals surface area (Å²) < 4.78 is 1.97. The second kappa shape index (κ2) is 5.91. The molecule has 4 heteroatoms. The van der Waals surface area contributed by atoms with Crippen molar-refractivity contribution in [2.75, 3.05) is 0 Å². The molecule has 0 saturated carbocycles. The Kier molecular flexibility index (Phi) is 3.58. The highest BCUT2D eigenvalue weighted by Crippen LogP contribution is 2.31. The Bertz CT molecular complexity index is 1090. The molecular formula is C21H18N4. The van der Waals surface area contributed by atoms with Crippen molar-refractivity contribution in [1.29, 1.82) is 0 Å². The lowest BCUT2D eigenvalue weighted by Gasteiger charge is -2.11. The molecule has 0 fully saturated rings. The molecule has 2 N–H and O–H groups in total. The van der Waals surface area contributed by atoms with Gasteiger partial charge in [0.25, 0.3) is 0 Å². The van der Waals surface area contributed by atoms with Crippen LogP contribution < -0.4 is 5.73 Å². The Hall–Kier alpha value is -3.40. The van der Waals surface area contributed by atoms with Crippen LogP contribution in [0.5, 0.6) is 0 Å². The zero-order valence-electron chi connectivity index (χ0n) is 14.0. The summed E-state index contributed by atoms with van der Waals surface area (Å²) in [5.74, 6) is 0. The summed E-state index contributed by atoms with van der Waals surface area (Å²) in [5.41, 5.74) is 13.3. The highest BCUT2D eigenvalue weighted by atomic mass is 15.0. The third kappa shape index (κ3) is 2.68. The van der Waals surface area contributed by atoms with Crippen LogP contribution in [-0.4, -0.2) is 14.4 Å². The number of imidazole rings is 1. The summed E-state index contributed by atoms with van der Waals surface area (Å²) in [5, 5.41) is 0. The third-order valence-electron chi connectivity index (χ3n) is 4.24. The van der Waals surface area contributed by atoms with Gasteiger partial charge in [0.2, 0.25) is 0 Å². The Morgan fingerprint density at radius 3 is 2.56 bits per heavy atom. The predicted octanol–water partition coefficient (Wildman–Crippen LogP) is 4.30. The summed E-state index contributed by atoms with van der Waals surface area (Å²) in [6.07, 6.45) is 3.79. The molecule has 4 rings (SSSR count). The van der Waals surface area contributed by atoms with Gasteiger partial charge in [0.15, 0.2) is 0 Å². The maximum atomic E-state index is 5.89. The zero-order chi connectivity index (χ0) is 17.4. The van der Waals surface area contributed by atoms with Crippen molar-refractivity contribution in [1.82, 2.24) is 14.4 Å². The van der Waals surface area contributed by atoms with Gasteiger partial charge in [-0.05, 0) is 42.3 Å². The number of aromatic nitrogens is 3. The van der Waals surface area contributed by atoms with E-state index in [9.17, 15) is 0 Å². The van der Waals surface area contributed by atoms with Crippen molar-refractivity contribution in [3.05, 3.63) is 85.0 Å². The number of fused-ring (bicyclic) bond motifs is 1. The first kappa shape index (κ1) is 15.1. The Balaban J connectivity index is 1.92. The molecule has 0 saturated heterocycles. The fraction of sp³-hybridized carbons (Fsp3) is 0.0476. The molecule has 0 aliphatic rings. The van der Waals surface area contributed by atoms with Crippen molar-refractivity contribution in [3.8, 4) is 22.4 Å². The monoisotopic (exact) mass is 326 g/mol. The van der Waals surface area contributed by atoms with Gasteiger partial charge in [0, 0.05) is 17.5 Å². The number of nitrogens with zero attached hydrogens (tertiary/aromatic N) is 3. The van der Waals surface area contributed by atoms with Crippen LogP contribution >= 0.6 is 0 Å². The lowest BCUT2D eigenvalue weighted by Crippen LogP contribution is -1.99. The molecule has 0 atom stereocenters. The van der Waals surface area contributed by atoms with Crippen LogP contribution in [0.2, 0.25) is 0 Å². The van der Waals surface area contributed by atoms with Crippen LogP contribution in [0.3, 0.4) is 0 Å². The van der Waals surface area contributed by atoms with Gasteiger partial charge >= 0.3 is 0 Å². The number of hydrogen-bond donors (Lipinski definition) is 1. The SMILES string of the molecule is C=C(N)c1cnc2ccc(-c3ccccc3-c3cccc(C)n3)cn12. The largest absolute Gasteiger partial charge is 0.397 e. The van der Waals surface area contributed by atoms with Gasteiger partial charge in [-0.25, -0.2) is 4.98 Å². The first-order valence-electron chi connectivity index (χ1n) is 8.09. The topological polar surface area (TPSA) is 56.2 Å². The minimum atomic E-state index is 0.498. The zero-order valence-corrected chi connectivity index (χ0v) is 14.0. The lowest BCUT2D eigenvalue weighted by molar-refractivity contribution is 1.15. The molecule has 1 aromatic carbocycles. The number of pyridine rings is 2. The standard InChI is InChI=1S/C21H18N4/c1-14-6-5-9-19(24-14)18-8-4-3-7-17(18)16-10-11-21-23-12-20(15(2)22)25(21)13-16/h3-13H,2,22H2,1H3. The van der Waals surface area contributed by atoms with Crippen LogP contribution in [0, 0.1) is 6.92 Å². The van der Waals surface area contributed by atoms with Gasteiger partial charge in [-0.1, -0.05) is 36.9 Å². The van der Waals surface area contributed by atoms with Gasteiger partial charge in [0.05, 0.1) is 23.3 Å². The predicted molar refractivity (Wildman–Crippen MR) is 102 cm³/mol. The van der Waals surface area contributed by atoms with Crippen molar-refractivity contribution in [2.24, 2.45) is 5.73 Å². The van der Waals surface area contributed by atoms with E-state index in [0.717, 1.165) is 39.4 Å². The molecule has 0 amide bonds. The molecule has 4 nitrogen and oxygen atoms in total. The summed E-state index contributed by atoms with van der Waals surface area (Å²) >= 11 is 0. The maximum absolute atomic E-state index is 5.89. The van der Waals surface area contributed by atoms with Crippen LogP contribution in [0.1, 0.15) is 11.4 Å². The molecule has 0 aliphatic carbocycles. The van der Waals surface area contributed by atoms with E-state index in [1.54, 1.807) is 6.20 Å². The number of rotatable bonds is 3. The Morgan fingerprint density at radius 1 is 1.00 bits per heavy atom.